The molecule has 2 aromatic carbocycles. The van der Waals surface area contributed by atoms with Gasteiger partial charge in [0.1, 0.15) is 17.6 Å². The molecule has 1 fully saturated rings. The molecular formula is C23H22N4O4S2. The van der Waals surface area contributed by atoms with E-state index in [0.717, 1.165) is 26.4 Å². The van der Waals surface area contributed by atoms with Crippen LogP contribution >= 0.6 is 11.3 Å². The van der Waals surface area contributed by atoms with Gasteiger partial charge in [-0.05, 0) is 58.5 Å². The smallest absolute Gasteiger partial charge is 0.241 e. The van der Waals surface area contributed by atoms with Gasteiger partial charge in [-0.2, -0.15) is 4.72 Å². The molecule has 3 heterocycles. The summed E-state index contributed by atoms with van der Waals surface area (Å²) in [7, 11) is -2.31. The predicted molar refractivity (Wildman–Crippen MR) is 129 cm³/mol. The van der Waals surface area contributed by atoms with Gasteiger partial charge >= 0.3 is 0 Å². The lowest BCUT2D eigenvalue weighted by Gasteiger charge is -2.17. The van der Waals surface area contributed by atoms with Crippen LogP contribution in [0, 0.1) is 0 Å². The summed E-state index contributed by atoms with van der Waals surface area (Å²) in [4.78, 5) is 18.9. The maximum Gasteiger partial charge on any atom is 0.241 e. The highest BCUT2D eigenvalue weighted by Crippen LogP contribution is 2.31. The predicted octanol–water partition coefficient (Wildman–Crippen LogP) is 3.12. The first-order valence-electron chi connectivity index (χ1n) is 10.4. The SMILES string of the molecule is COc1ccc2ccc(S(=O)(=O)N[C@H]3CCN(Cc4csc5c(N)nccc45)C3=O)cc2c1. The molecule has 0 radical (unpaired) electrons. The van der Waals surface area contributed by atoms with Gasteiger partial charge in [0.15, 0.2) is 0 Å². The average Bonchev–Trinajstić information content (AvgIpc) is 3.38. The van der Waals surface area contributed by atoms with Gasteiger partial charge in [-0.15, -0.1) is 11.3 Å². The average molecular weight is 483 g/mol. The second-order valence-electron chi connectivity index (χ2n) is 7.93. The highest BCUT2D eigenvalue weighted by atomic mass is 32.2. The van der Waals surface area contributed by atoms with Crippen LogP contribution < -0.4 is 15.2 Å². The summed E-state index contributed by atoms with van der Waals surface area (Å²) in [6, 6.07) is 11.4. The summed E-state index contributed by atoms with van der Waals surface area (Å²) in [6.45, 7) is 0.870. The molecule has 1 saturated heterocycles. The molecule has 0 bridgehead atoms. The Morgan fingerprint density at radius 3 is 2.85 bits per heavy atom. The quantitative estimate of drug-likeness (QED) is 0.436. The summed E-state index contributed by atoms with van der Waals surface area (Å²) in [5.74, 6) is 0.877. The van der Waals surface area contributed by atoms with Crippen molar-refractivity contribution in [2.45, 2.75) is 23.9 Å². The first kappa shape index (κ1) is 21.6. The Morgan fingerprint density at radius 1 is 1.21 bits per heavy atom. The van der Waals surface area contributed by atoms with Crippen molar-refractivity contribution in [3.63, 3.8) is 0 Å². The van der Waals surface area contributed by atoms with E-state index in [-0.39, 0.29) is 10.8 Å². The van der Waals surface area contributed by atoms with Crippen molar-refractivity contribution in [3.05, 3.63) is 59.6 Å². The molecule has 2 aromatic heterocycles. The number of benzene rings is 2. The van der Waals surface area contributed by atoms with E-state index in [0.29, 0.717) is 31.1 Å². The number of fused-ring (bicyclic) bond motifs is 2. The number of sulfonamides is 1. The number of likely N-dealkylation sites (tertiary alicyclic amines) is 1. The number of carbonyl (C=O) groups excluding carboxylic acids is 1. The minimum Gasteiger partial charge on any atom is -0.497 e. The molecule has 1 aliphatic rings. The van der Waals surface area contributed by atoms with Crippen LogP contribution in [-0.2, 0) is 21.4 Å². The third kappa shape index (κ3) is 4.01. The van der Waals surface area contributed by atoms with Gasteiger partial charge in [0.25, 0.3) is 0 Å². The molecule has 0 spiro atoms. The second-order valence-corrected chi connectivity index (χ2v) is 10.5. The van der Waals surface area contributed by atoms with Crippen LogP contribution in [0.5, 0.6) is 5.75 Å². The number of nitrogen functional groups attached to an aromatic ring is 1. The molecular weight excluding hydrogens is 460 g/mol. The zero-order valence-corrected chi connectivity index (χ0v) is 19.4. The van der Waals surface area contributed by atoms with Crippen LogP contribution in [0.15, 0.2) is 58.9 Å². The van der Waals surface area contributed by atoms with Gasteiger partial charge in [-0.25, -0.2) is 13.4 Å². The Morgan fingerprint density at radius 2 is 2.03 bits per heavy atom. The normalized spacial score (nSPS) is 16.7. The van der Waals surface area contributed by atoms with Crippen molar-refractivity contribution in [1.82, 2.24) is 14.6 Å². The van der Waals surface area contributed by atoms with Crippen molar-refractivity contribution in [2.75, 3.05) is 19.4 Å². The van der Waals surface area contributed by atoms with Crippen LogP contribution in [0.25, 0.3) is 20.9 Å². The van der Waals surface area contributed by atoms with E-state index in [4.69, 9.17) is 10.5 Å². The lowest BCUT2D eigenvalue weighted by molar-refractivity contribution is -0.129. The van der Waals surface area contributed by atoms with Crippen LogP contribution in [0.1, 0.15) is 12.0 Å². The molecule has 0 aliphatic carbocycles. The van der Waals surface area contributed by atoms with Crippen LogP contribution in [0.4, 0.5) is 5.82 Å². The zero-order chi connectivity index (χ0) is 23.2. The van der Waals surface area contributed by atoms with Crippen LogP contribution in [0.3, 0.4) is 0 Å². The third-order valence-electron chi connectivity index (χ3n) is 5.88. The van der Waals surface area contributed by atoms with Gasteiger partial charge in [-0.3, -0.25) is 4.79 Å². The number of pyridine rings is 1. The number of amides is 1. The fraction of sp³-hybridized carbons (Fsp3) is 0.217. The fourth-order valence-corrected chi connectivity index (χ4v) is 6.34. The fourth-order valence-electron chi connectivity index (χ4n) is 4.12. The van der Waals surface area contributed by atoms with E-state index in [1.807, 2.05) is 23.6 Å². The zero-order valence-electron chi connectivity index (χ0n) is 17.8. The van der Waals surface area contributed by atoms with Crippen molar-refractivity contribution in [1.29, 1.82) is 0 Å². The standard InChI is InChI=1S/C23H22N4O4S2/c1-31-17-4-2-14-3-5-18(11-15(14)10-17)33(29,30)26-20-7-9-27(23(20)28)12-16-13-32-21-19(16)6-8-25-22(21)24/h2-6,8,10-11,13,20,26H,7,9,12H2,1H3,(H2,24,25)/t20-/m0/s1. The molecule has 0 unspecified atom stereocenters. The van der Waals surface area contributed by atoms with Crippen molar-refractivity contribution in [3.8, 4) is 5.75 Å². The third-order valence-corrected chi connectivity index (χ3v) is 8.42. The van der Waals surface area contributed by atoms with E-state index >= 15 is 0 Å². The topological polar surface area (TPSA) is 115 Å². The number of hydrogen-bond acceptors (Lipinski definition) is 7. The number of rotatable bonds is 6. The summed E-state index contributed by atoms with van der Waals surface area (Å²) in [6.07, 6.45) is 2.06. The molecule has 4 aromatic rings. The van der Waals surface area contributed by atoms with E-state index in [1.165, 1.54) is 11.3 Å². The molecule has 3 N–H and O–H groups in total. The Bertz CT molecular complexity index is 1480. The molecule has 0 saturated carbocycles. The number of ether oxygens (including phenoxy) is 1. The lowest BCUT2D eigenvalue weighted by atomic mass is 10.1. The molecule has 1 atom stereocenters. The van der Waals surface area contributed by atoms with Gasteiger partial charge < -0.3 is 15.4 Å². The Hall–Kier alpha value is -3.21. The first-order valence-corrected chi connectivity index (χ1v) is 12.7. The minimum atomic E-state index is -3.87. The van der Waals surface area contributed by atoms with Gasteiger partial charge in [0, 0.05) is 24.7 Å². The number of thiophene rings is 1. The van der Waals surface area contributed by atoms with E-state index in [1.54, 1.807) is 42.5 Å². The van der Waals surface area contributed by atoms with Crippen molar-refractivity contribution in [2.24, 2.45) is 0 Å². The van der Waals surface area contributed by atoms with E-state index < -0.39 is 16.1 Å². The Labute approximate surface area is 195 Å². The summed E-state index contributed by atoms with van der Waals surface area (Å²) in [5, 5.41) is 4.58. The summed E-state index contributed by atoms with van der Waals surface area (Å²) >= 11 is 1.49. The van der Waals surface area contributed by atoms with Crippen molar-refractivity contribution < 1.29 is 17.9 Å². The Balaban J connectivity index is 1.33. The lowest BCUT2D eigenvalue weighted by Crippen LogP contribution is -2.41. The van der Waals surface area contributed by atoms with Crippen molar-refractivity contribution >= 4 is 53.9 Å². The van der Waals surface area contributed by atoms with Gasteiger partial charge in [0.05, 0.1) is 16.7 Å². The summed E-state index contributed by atoms with van der Waals surface area (Å²) < 4.78 is 34.8. The number of hydrogen-bond donors (Lipinski definition) is 2. The number of carbonyl (C=O) groups is 1. The maximum absolute atomic E-state index is 13.0. The molecule has 33 heavy (non-hydrogen) atoms. The van der Waals surface area contributed by atoms with E-state index in [9.17, 15) is 13.2 Å². The monoisotopic (exact) mass is 482 g/mol. The molecule has 1 aliphatic heterocycles. The number of aromatic nitrogens is 1. The van der Waals surface area contributed by atoms with Gasteiger partial charge in [-0.1, -0.05) is 12.1 Å². The van der Waals surface area contributed by atoms with Crippen LogP contribution in [-0.4, -0.2) is 43.9 Å². The number of anilines is 1. The van der Waals surface area contributed by atoms with Gasteiger partial charge in [0.2, 0.25) is 15.9 Å². The highest BCUT2D eigenvalue weighted by Gasteiger charge is 2.35. The molecule has 170 valence electrons. The minimum absolute atomic E-state index is 0.112. The maximum atomic E-state index is 13.0. The molecule has 8 nitrogen and oxygen atoms in total. The highest BCUT2D eigenvalue weighted by molar-refractivity contribution is 7.89. The van der Waals surface area contributed by atoms with Crippen LogP contribution in [0.2, 0.25) is 0 Å². The molecule has 5 rings (SSSR count). The largest absolute Gasteiger partial charge is 0.497 e. The number of nitrogens with zero attached hydrogens (tertiary/aromatic N) is 2. The summed E-state index contributed by atoms with van der Waals surface area (Å²) in [5.41, 5.74) is 6.91. The first-order chi connectivity index (χ1) is 15.9. The molecule has 1 amide bonds. The number of nitrogens with two attached hydrogens (primary N) is 1. The number of nitrogens with one attached hydrogen (secondary N) is 1. The Kier molecular flexibility index (Phi) is 5.43. The molecule has 10 heteroatoms. The van der Waals surface area contributed by atoms with E-state index in [2.05, 4.69) is 9.71 Å². The second kappa shape index (κ2) is 8.29. The number of methoxy groups -OCH3 is 1.